The van der Waals surface area contributed by atoms with E-state index in [-0.39, 0.29) is 5.75 Å². The van der Waals surface area contributed by atoms with Crippen LogP contribution in [0.2, 0.25) is 0 Å². The molecule has 3 rings (SSSR count). The predicted molar refractivity (Wildman–Crippen MR) is 100 cm³/mol. The maximum absolute atomic E-state index is 10.2. The maximum atomic E-state index is 10.2. The number of benzene rings is 2. The van der Waals surface area contributed by atoms with Gasteiger partial charge in [0.05, 0.1) is 19.5 Å². The normalized spacial score (nSPS) is 10.9. The van der Waals surface area contributed by atoms with Crippen LogP contribution in [-0.4, -0.2) is 39.9 Å². The Morgan fingerprint density at radius 1 is 1.00 bits per heavy atom. The lowest BCUT2D eigenvalue weighted by Crippen LogP contribution is -2.04. The highest BCUT2D eigenvalue weighted by Gasteiger charge is 2.09. The van der Waals surface area contributed by atoms with Crippen LogP contribution in [0, 0.1) is 0 Å². The Kier molecular flexibility index (Phi) is 6.22. The molecule has 0 aliphatic rings. The fraction of sp³-hybridized carbons (Fsp3) is 0.300. The van der Waals surface area contributed by atoms with Crippen molar-refractivity contribution in [1.29, 1.82) is 0 Å². The molecular weight excluding hydrogens is 330 g/mol. The summed E-state index contributed by atoms with van der Waals surface area (Å²) in [6.07, 6.45) is 4.13. The largest absolute Gasteiger partial charge is 0.506 e. The van der Waals surface area contributed by atoms with E-state index < -0.39 is 0 Å². The average molecular weight is 353 g/mol. The molecule has 0 bridgehead atoms. The third-order valence-electron chi connectivity index (χ3n) is 4.00. The van der Waals surface area contributed by atoms with E-state index in [0.29, 0.717) is 25.5 Å². The van der Waals surface area contributed by atoms with E-state index in [4.69, 9.17) is 9.47 Å². The van der Waals surface area contributed by atoms with Crippen LogP contribution in [0.25, 0.3) is 16.7 Å². The van der Waals surface area contributed by atoms with E-state index in [1.165, 1.54) is 11.1 Å². The van der Waals surface area contributed by atoms with Crippen molar-refractivity contribution < 1.29 is 14.6 Å². The van der Waals surface area contributed by atoms with Crippen molar-refractivity contribution in [2.45, 2.75) is 19.3 Å². The van der Waals surface area contributed by atoms with Crippen LogP contribution in [0.5, 0.6) is 5.75 Å². The number of hydrogen-bond acceptors (Lipinski definition) is 5. The summed E-state index contributed by atoms with van der Waals surface area (Å²) in [6, 6.07) is 13.1. The lowest BCUT2D eigenvalue weighted by molar-refractivity contribution is 0.126. The van der Waals surface area contributed by atoms with Crippen molar-refractivity contribution in [1.82, 2.24) is 15.0 Å². The van der Waals surface area contributed by atoms with Gasteiger partial charge in [0, 0.05) is 6.61 Å². The highest BCUT2D eigenvalue weighted by Crippen LogP contribution is 2.23. The lowest BCUT2D eigenvalue weighted by Gasteiger charge is -2.08. The topological polar surface area (TPSA) is 69.4 Å². The number of nitrogens with zero attached hydrogens (tertiary/aromatic N) is 3. The van der Waals surface area contributed by atoms with Crippen molar-refractivity contribution in [2.75, 3.05) is 19.8 Å². The fourth-order valence-corrected chi connectivity index (χ4v) is 2.62. The van der Waals surface area contributed by atoms with Gasteiger partial charge in [0.1, 0.15) is 22.5 Å². The Bertz CT molecular complexity index is 827. The Morgan fingerprint density at radius 2 is 1.73 bits per heavy atom. The molecule has 2 aromatic carbocycles. The standard InChI is InChI=1S/C20H23N3O3/c1-2-25-12-5-6-13-26-14-11-16-9-10-20(24)19(15-16)23-21-17-7-3-4-8-18(17)22-23/h2-4,7-10,15,24H,1,5-6,11-14H2. The second-order valence-electron chi connectivity index (χ2n) is 5.91. The molecule has 0 radical (unpaired) electrons. The molecule has 1 aromatic heterocycles. The minimum atomic E-state index is 0.150. The van der Waals surface area contributed by atoms with Crippen molar-refractivity contribution in [2.24, 2.45) is 0 Å². The maximum Gasteiger partial charge on any atom is 0.143 e. The van der Waals surface area contributed by atoms with Gasteiger partial charge in [-0.3, -0.25) is 0 Å². The first-order chi connectivity index (χ1) is 12.8. The second kappa shape index (κ2) is 9.01. The van der Waals surface area contributed by atoms with E-state index in [9.17, 15) is 5.11 Å². The van der Waals surface area contributed by atoms with Crippen molar-refractivity contribution in [3.05, 3.63) is 60.9 Å². The van der Waals surface area contributed by atoms with Gasteiger partial charge in [-0.25, -0.2) is 0 Å². The predicted octanol–water partition coefficient (Wildman–Crippen LogP) is 3.63. The summed E-state index contributed by atoms with van der Waals surface area (Å²) in [5.74, 6) is 0.150. The summed E-state index contributed by atoms with van der Waals surface area (Å²) in [5, 5.41) is 19.0. The third-order valence-corrected chi connectivity index (χ3v) is 4.00. The molecule has 26 heavy (non-hydrogen) atoms. The zero-order valence-electron chi connectivity index (χ0n) is 14.7. The Labute approximate surface area is 152 Å². The molecule has 0 spiro atoms. The van der Waals surface area contributed by atoms with Crippen LogP contribution in [0.1, 0.15) is 18.4 Å². The van der Waals surface area contributed by atoms with Gasteiger partial charge in [-0.1, -0.05) is 24.8 Å². The molecular formula is C20H23N3O3. The molecule has 0 aliphatic heterocycles. The lowest BCUT2D eigenvalue weighted by atomic mass is 10.1. The molecule has 1 N–H and O–H groups in total. The highest BCUT2D eigenvalue weighted by atomic mass is 16.5. The highest BCUT2D eigenvalue weighted by molar-refractivity contribution is 5.73. The first-order valence-electron chi connectivity index (χ1n) is 8.72. The van der Waals surface area contributed by atoms with Crippen molar-refractivity contribution in [3.8, 4) is 11.4 Å². The summed E-state index contributed by atoms with van der Waals surface area (Å²) < 4.78 is 10.7. The van der Waals surface area contributed by atoms with Gasteiger partial charge in [-0.2, -0.15) is 0 Å². The Morgan fingerprint density at radius 3 is 2.46 bits per heavy atom. The number of phenolic OH excluding ortho intramolecular Hbond substituents is 1. The Hall–Kier alpha value is -2.86. The minimum Gasteiger partial charge on any atom is -0.506 e. The van der Waals surface area contributed by atoms with Crippen LogP contribution in [-0.2, 0) is 15.9 Å². The number of aromatic nitrogens is 3. The molecule has 0 fully saturated rings. The summed E-state index contributed by atoms with van der Waals surface area (Å²) in [6.45, 7) is 5.52. The third kappa shape index (κ3) is 4.61. The summed E-state index contributed by atoms with van der Waals surface area (Å²) in [5.41, 5.74) is 3.22. The number of fused-ring (bicyclic) bond motifs is 1. The molecule has 0 unspecified atom stereocenters. The SMILES string of the molecule is C=COCCCCOCCc1ccc(O)c(-n2nc3ccccc3n2)c1. The zero-order chi connectivity index (χ0) is 18.2. The smallest absolute Gasteiger partial charge is 0.143 e. The quantitative estimate of drug-likeness (QED) is 0.445. The molecule has 0 aliphatic carbocycles. The number of ether oxygens (including phenoxy) is 2. The first kappa shape index (κ1) is 17.9. The van der Waals surface area contributed by atoms with Gasteiger partial charge in [-0.15, -0.1) is 15.0 Å². The fourth-order valence-electron chi connectivity index (χ4n) is 2.62. The average Bonchev–Trinajstić information content (AvgIpc) is 3.09. The Balaban J connectivity index is 1.57. The minimum absolute atomic E-state index is 0.150. The van der Waals surface area contributed by atoms with E-state index >= 15 is 0 Å². The molecule has 0 saturated carbocycles. The first-order valence-corrected chi connectivity index (χ1v) is 8.72. The summed E-state index contributed by atoms with van der Waals surface area (Å²) in [4.78, 5) is 1.48. The second-order valence-corrected chi connectivity index (χ2v) is 5.91. The number of phenols is 1. The van der Waals surface area contributed by atoms with E-state index in [1.54, 1.807) is 6.07 Å². The number of aromatic hydroxyl groups is 1. The number of unbranched alkanes of at least 4 members (excludes halogenated alkanes) is 1. The monoisotopic (exact) mass is 353 g/mol. The van der Waals surface area contributed by atoms with Gasteiger partial charge >= 0.3 is 0 Å². The number of rotatable bonds is 10. The van der Waals surface area contributed by atoms with Crippen molar-refractivity contribution in [3.63, 3.8) is 0 Å². The summed E-state index contributed by atoms with van der Waals surface area (Å²) >= 11 is 0. The summed E-state index contributed by atoms with van der Waals surface area (Å²) in [7, 11) is 0. The van der Waals surface area contributed by atoms with Gasteiger partial charge in [0.2, 0.25) is 0 Å². The molecule has 0 amide bonds. The van der Waals surface area contributed by atoms with Crippen LogP contribution in [0.15, 0.2) is 55.3 Å². The van der Waals surface area contributed by atoms with E-state index in [2.05, 4.69) is 16.8 Å². The van der Waals surface area contributed by atoms with Crippen LogP contribution < -0.4 is 0 Å². The molecule has 0 saturated heterocycles. The van der Waals surface area contributed by atoms with E-state index in [0.717, 1.165) is 35.9 Å². The van der Waals surface area contributed by atoms with Gasteiger partial charge in [0.15, 0.2) is 0 Å². The van der Waals surface area contributed by atoms with E-state index in [1.807, 2.05) is 36.4 Å². The molecule has 3 aromatic rings. The molecule has 0 atom stereocenters. The molecule has 6 nitrogen and oxygen atoms in total. The number of hydrogen-bond donors (Lipinski definition) is 1. The van der Waals surface area contributed by atoms with Crippen LogP contribution >= 0.6 is 0 Å². The van der Waals surface area contributed by atoms with Gasteiger partial charge < -0.3 is 14.6 Å². The van der Waals surface area contributed by atoms with Gasteiger partial charge in [0.25, 0.3) is 0 Å². The van der Waals surface area contributed by atoms with Gasteiger partial charge in [-0.05, 0) is 49.1 Å². The van der Waals surface area contributed by atoms with Crippen molar-refractivity contribution >= 4 is 11.0 Å². The zero-order valence-corrected chi connectivity index (χ0v) is 14.7. The molecule has 1 heterocycles. The molecule has 136 valence electrons. The van der Waals surface area contributed by atoms with Crippen LogP contribution in [0.3, 0.4) is 0 Å². The van der Waals surface area contributed by atoms with Crippen LogP contribution in [0.4, 0.5) is 0 Å². The molecule has 6 heteroatoms.